The number of pyridine rings is 2. The number of carbonyl (C=O) groups is 2. The van der Waals surface area contributed by atoms with Gasteiger partial charge in [-0.25, -0.2) is 19.6 Å². The van der Waals surface area contributed by atoms with Crippen LogP contribution in [0.15, 0.2) is 36.5 Å². The van der Waals surface area contributed by atoms with Crippen molar-refractivity contribution in [3.05, 3.63) is 42.2 Å². The molecule has 0 saturated carbocycles. The second kappa shape index (κ2) is 9.10. The van der Waals surface area contributed by atoms with Gasteiger partial charge in [-0.15, -0.1) is 0 Å². The molecule has 0 atom stereocenters. The van der Waals surface area contributed by atoms with E-state index >= 15 is 0 Å². The van der Waals surface area contributed by atoms with Gasteiger partial charge in [0, 0.05) is 11.8 Å². The topological polar surface area (TPSA) is 81.6 Å². The van der Waals surface area contributed by atoms with Gasteiger partial charge in [-0.05, 0) is 52.0 Å². The van der Waals surface area contributed by atoms with E-state index in [9.17, 15) is 22.8 Å². The molecule has 0 aromatic carbocycles. The van der Waals surface area contributed by atoms with E-state index in [0.29, 0.717) is 16.2 Å². The summed E-state index contributed by atoms with van der Waals surface area (Å²) in [6.07, 6.45) is -4.61. The van der Waals surface area contributed by atoms with E-state index < -0.39 is 30.4 Å². The summed E-state index contributed by atoms with van der Waals surface area (Å²) in [6, 6.07) is 7.37. The SMILES string of the molecule is CCOC(=O)c1cccc(-c2ccnc(N(CC(F)(F)F)C(=O)OC(C)(C)C)c2)n1. The number of amides is 1. The fraction of sp³-hybridized carbons (Fsp3) is 0.400. The molecule has 0 N–H and O–H groups in total. The molecular formula is C20H22F3N3O4. The molecule has 0 aliphatic rings. The Morgan fingerprint density at radius 2 is 1.83 bits per heavy atom. The van der Waals surface area contributed by atoms with Gasteiger partial charge in [-0.1, -0.05) is 6.07 Å². The highest BCUT2D eigenvalue weighted by Gasteiger charge is 2.36. The van der Waals surface area contributed by atoms with Crippen molar-refractivity contribution in [2.45, 2.75) is 39.5 Å². The van der Waals surface area contributed by atoms with Crippen molar-refractivity contribution in [3.8, 4) is 11.3 Å². The minimum Gasteiger partial charge on any atom is -0.461 e. The van der Waals surface area contributed by atoms with Crippen molar-refractivity contribution < 1.29 is 32.2 Å². The van der Waals surface area contributed by atoms with Gasteiger partial charge in [-0.2, -0.15) is 13.2 Å². The molecule has 2 aromatic heterocycles. The van der Waals surface area contributed by atoms with Crippen LogP contribution in [0, 0.1) is 0 Å². The molecule has 0 unspecified atom stereocenters. The number of rotatable bonds is 5. The van der Waals surface area contributed by atoms with E-state index in [1.54, 1.807) is 39.8 Å². The molecule has 30 heavy (non-hydrogen) atoms. The van der Waals surface area contributed by atoms with Gasteiger partial charge in [0.05, 0.1) is 12.3 Å². The summed E-state index contributed by atoms with van der Waals surface area (Å²) in [5, 5.41) is 0. The van der Waals surface area contributed by atoms with E-state index in [0.717, 1.165) is 0 Å². The third-order valence-corrected chi connectivity index (χ3v) is 3.50. The Labute approximate surface area is 171 Å². The van der Waals surface area contributed by atoms with Gasteiger partial charge in [0.2, 0.25) is 0 Å². The van der Waals surface area contributed by atoms with Crippen molar-refractivity contribution in [1.29, 1.82) is 0 Å². The second-order valence-corrected chi connectivity index (χ2v) is 7.21. The first-order chi connectivity index (χ1) is 13.9. The molecule has 0 bridgehead atoms. The fourth-order valence-corrected chi connectivity index (χ4v) is 2.37. The zero-order valence-electron chi connectivity index (χ0n) is 17.0. The van der Waals surface area contributed by atoms with Crippen LogP contribution in [0.1, 0.15) is 38.2 Å². The smallest absolute Gasteiger partial charge is 0.416 e. The Bertz CT molecular complexity index is 911. The summed E-state index contributed by atoms with van der Waals surface area (Å²) in [6.45, 7) is 4.89. The van der Waals surface area contributed by atoms with Crippen LogP contribution in [0.25, 0.3) is 11.3 Å². The van der Waals surface area contributed by atoms with Crippen LogP contribution in [0.5, 0.6) is 0 Å². The molecule has 0 saturated heterocycles. The minimum atomic E-state index is -4.67. The van der Waals surface area contributed by atoms with Crippen molar-refractivity contribution >= 4 is 17.9 Å². The molecule has 0 aliphatic heterocycles. The highest BCUT2D eigenvalue weighted by Crippen LogP contribution is 2.26. The van der Waals surface area contributed by atoms with Gasteiger partial charge in [0.25, 0.3) is 0 Å². The number of anilines is 1. The standard InChI is InChI=1S/C20H22F3N3O4/c1-5-29-17(27)15-8-6-7-14(25-15)13-9-10-24-16(11-13)26(12-20(21,22)23)18(28)30-19(2,3)4/h6-11H,5,12H2,1-4H3. The second-order valence-electron chi connectivity index (χ2n) is 7.21. The predicted octanol–water partition coefficient (Wildman–Crippen LogP) is 4.62. The monoisotopic (exact) mass is 425 g/mol. The molecule has 2 aromatic rings. The molecule has 0 radical (unpaired) electrons. The summed E-state index contributed by atoms with van der Waals surface area (Å²) in [5.41, 5.74) is -0.275. The van der Waals surface area contributed by atoms with E-state index in [-0.39, 0.29) is 18.1 Å². The number of carbonyl (C=O) groups excluding carboxylic acids is 2. The number of aromatic nitrogens is 2. The Kier molecular flexibility index (Phi) is 7.01. The number of halogens is 3. The average molecular weight is 425 g/mol. The maximum atomic E-state index is 13.1. The first-order valence-corrected chi connectivity index (χ1v) is 9.07. The maximum absolute atomic E-state index is 13.1. The molecular weight excluding hydrogens is 403 g/mol. The lowest BCUT2D eigenvalue weighted by molar-refractivity contribution is -0.119. The summed E-state index contributed by atoms with van der Waals surface area (Å²) in [4.78, 5) is 32.8. The van der Waals surface area contributed by atoms with Crippen LogP contribution in [0.2, 0.25) is 0 Å². The lowest BCUT2D eigenvalue weighted by Crippen LogP contribution is -2.42. The minimum absolute atomic E-state index is 0.0482. The third kappa shape index (κ3) is 6.71. The van der Waals surface area contributed by atoms with Crippen LogP contribution in [0.4, 0.5) is 23.8 Å². The largest absolute Gasteiger partial charge is 0.461 e. The van der Waals surface area contributed by atoms with Crippen LogP contribution >= 0.6 is 0 Å². The number of esters is 1. The lowest BCUT2D eigenvalue weighted by atomic mass is 10.1. The van der Waals surface area contributed by atoms with Gasteiger partial charge >= 0.3 is 18.2 Å². The Morgan fingerprint density at radius 3 is 2.43 bits per heavy atom. The quantitative estimate of drug-likeness (QED) is 0.650. The van der Waals surface area contributed by atoms with Crippen LogP contribution in [-0.2, 0) is 9.47 Å². The highest BCUT2D eigenvalue weighted by atomic mass is 19.4. The summed E-state index contributed by atoms with van der Waals surface area (Å²) >= 11 is 0. The fourth-order valence-electron chi connectivity index (χ4n) is 2.37. The van der Waals surface area contributed by atoms with E-state index in [1.807, 2.05) is 0 Å². The first kappa shape index (κ1) is 23.1. The molecule has 2 rings (SSSR count). The molecule has 1 amide bonds. The van der Waals surface area contributed by atoms with Crippen LogP contribution in [0.3, 0.4) is 0 Å². The summed E-state index contributed by atoms with van der Waals surface area (Å²) < 4.78 is 49.2. The molecule has 0 aliphatic carbocycles. The normalized spacial score (nSPS) is 11.7. The highest BCUT2D eigenvalue weighted by molar-refractivity contribution is 5.89. The van der Waals surface area contributed by atoms with Crippen molar-refractivity contribution in [2.75, 3.05) is 18.1 Å². The molecule has 10 heteroatoms. The Balaban J connectivity index is 2.42. The maximum Gasteiger partial charge on any atom is 0.416 e. The van der Waals surface area contributed by atoms with Gasteiger partial charge in [-0.3, -0.25) is 4.90 Å². The number of ether oxygens (including phenoxy) is 2. The summed E-state index contributed by atoms with van der Waals surface area (Å²) in [5.74, 6) is -0.886. The van der Waals surface area contributed by atoms with E-state index in [2.05, 4.69) is 9.97 Å². The van der Waals surface area contributed by atoms with Gasteiger partial charge in [0.15, 0.2) is 0 Å². The zero-order valence-corrected chi connectivity index (χ0v) is 17.0. The number of hydrogen-bond acceptors (Lipinski definition) is 6. The average Bonchev–Trinajstić information content (AvgIpc) is 2.64. The number of nitrogens with zero attached hydrogens (tertiary/aromatic N) is 3. The van der Waals surface area contributed by atoms with Gasteiger partial charge < -0.3 is 9.47 Å². The molecule has 7 nitrogen and oxygen atoms in total. The van der Waals surface area contributed by atoms with E-state index in [4.69, 9.17) is 9.47 Å². The number of alkyl halides is 3. The molecule has 0 fully saturated rings. The predicted molar refractivity (Wildman–Crippen MR) is 103 cm³/mol. The Morgan fingerprint density at radius 1 is 1.13 bits per heavy atom. The number of hydrogen-bond donors (Lipinski definition) is 0. The van der Waals surface area contributed by atoms with Crippen molar-refractivity contribution in [2.24, 2.45) is 0 Å². The first-order valence-electron chi connectivity index (χ1n) is 9.07. The molecule has 2 heterocycles. The summed E-state index contributed by atoms with van der Waals surface area (Å²) in [7, 11) is 0. The zero-order chi connectivity index (χ0) is 22.5. The third-order valence-electron chi connectivity index (χ3n) is 3.50. The molecule has 0 spiro atoms. The van der Waals surface area contributed by atoms with Crippen LogP contribution < -0.4 is 4.90 Å². The van der Waals surface area contributed by atoms with E-state index in [1.165, 1.54) is 24.4 Å². The molecule has 162 valence electrons. The van der Waals surface area contributed by atoms with Crippen molar-refractivity contribution in [3.63, 3.8) is 0 Å². The van der Waals surface area contributed by atoms with Crippen LogP contribution in [-0.4, -0.2) is 47.0 Å². The van der Waals surface area contributed by atoms with Crippen molar-refractivity contribution in [1.82, 2.24) is 9.97 Å². The lowest BCUT2D eigenvalue weighted by Gasteiger charge is -2.27. The Hall–Kier alpha value is -3.17. The van der Waals surface area contributed by atoms with Gasteiger partial charge in [0.1, 0.15) is 23.7 Å².